The zero-order valence-corrected chi connectivity index (χ0v) is 22.3. The molecule has 11 rings (SSSR count). The van der Waals surface area contributed by atoms with E-state index in [1.165, 1.54) is 118 Å². The normalized spacial score (nSPS) is 13.4. The minimum Gasteiger partial charge on any atom is -0.140 e. The fraction of sp³-hybridized carbons (Fsp3) is 0.0526. The average Bonchev–Trinajstić information content (AvgIpc) is 3.71. The largest absolute Gasteiger partial charge is 0.140 e. The minimum atomic E-state index is 1.32. The maximum absolute atomic E-state index is 2.50. The molecule has 0 radical (unpaired) electrons. The summed E-state index contributed by atoms with van der Waals surface area (Å²) in [5, 5.41) is 22.4. The molecule has 0 saturated carbocycles. The molecule has 2 aliphatic carbocycles. The Bertz CT molecular complexity index is 2720. The predicted molar refractivity (Wildman–Crippen MR) is 167 cm³/mol. The fourth-order valence-electron chi connectivity index (χ4n) is 8.27. The molecule has 0 fully saturated rings. The quantitative estimate of drug-likeness (QED) is 0.191. The molecular weight excluding hydrogens is 488 g/mol. The second-order valence-corrected chi connectivity index (χ2v) is 13.0. The lowest BCUT2D eigenvalue weighted by atomic mass is 10.00. The van der Waals surface area contributed by atoms with Crippen LogP contribution in [0.3, 0.4) is 0 Å². The van der Waals surface area contributed by atoms with Gasteiger partial charge in [0.15, 0.2) is 0 Å². The van der Waals surface area contributed by atoms with Crippen molar-refractivity contribution in [2.24, 2.45) is 0 Å². The summed E-state index contributed by atoms with van der Waals surface area (Å²) in [5.41, 5.74) is 5.57. The molecule has 8 aromatic carbocycles. The highest BCUT2D eigenvalue weighted by molar-refractivity contribution is 7.16. The van der Waals surface area contributed by atoms with Crippen LogP contribution in [0, 0.1) is 34.7 Å². The third kappa shape index (κ3) is 2.02. The van der Waals surface area contributed by atoms with E-state index in [-0.39, 0.29) is 0 Å². The summed E-state index contributed by atoms with van der Waals surface area (Å²) < 4.78 is 0. The van der Waals surface area contributed by atoms with Crippen molar-refractivity contribution >= 4 is 76.0 Å². The van der Waals surface area contributed by atoms with E-state index in [0.717, 1.165) is 0 Å². The van der Waals surface area contributed by atoms with Gasteiger partial charge in [0.05, 0.1) is 0 Å². The molecule has 1 heteroatoms. The summed E-state index contributed by atoms with van der Waals surface area (Å²) in [4.78, 5) is 2.83. The van der Waals surface area contributed by atoms with Gasteiger partial charge in [-0.1, -0.05) is 72.3 Å². The van der Waals surface area contributed by atoms with Crippen LogP contribution in [0.2, 0.25) is 0 Å². The van der Waals surface area contributed by atoms with Crippen LogP contribution in [-0.4, -0.2) is 0 Å². The first kappa shape index (κ1) is 19.6. The molecule has 0 nitrogen and oxygen atoms in total. The molecule has 0 unspecified atom stereocenters. The van der Waals surface area contributed by atoms with Gasteiger partial charge in [0, 0.05) is 20.9 Å². The summed E-state index contributed by atoms with van der Waals surface area (Å²) >= 11 is 1.93. The Morgan fingerprint density at radius 3 is 1.64 bits per heavy atom. The second kappa shape index (κ2) is 6.06. The van der Waals surface area contributed by atoms with Crippen LogP contribution in [-0.2, 0) is 0 Å². The van der Waals surface area contributed by atoms with Crippen molar-refractivity contribution < 1.29 is 0 Å². The first-order valence-electron chi connectivity index (χ1n) is 13.8. The molecule has 9 aromatic rings. The monoisotopic (exact) mass is 508 g/mol. The molecule has 2 aliphatic rings. The number of thiophene rings is 1. The van der Waals surface area contributed by atoms with E-state index in [0.29, 0.717) is 0 Å². The van der Waals surface area contributed by atoms with E-state index in [9.17, 15) is 0 Å². The Kier molecular flexibility index (Phi) is 3.04. The van der Waals surface area contributed by atoms with Gasteiger partial charge in [-0.05, 0) is 123 Å². The molecule has 0 bridgehead atoms. The molecule has 178 valence electrons. The van der Waals surface area contributed by atoms with Crippen molar-refractivity contribution in [2.75, 3.05) is 0 Å². The van der Waals surface area contributed by atoms with Crippen LogP contribution in [0.25, 0.3) is 86.2 Å². The van der Waals surface area contributed by atoms with E-state index < -0.39 is 0 Å². The van der Waals surface area contributed by atoms with Gasteiger partial charge in [-0.25, -0.2) is 0 Å². The number of hydrogen-bond acceptors (Lipinski definition) is 1. The second-order valence-electron chi connectivity index (χ2n) is 11.7. The molecule has 0 atom stereocenters. The van der Waals surface area contributed by atoms with E-state index >= 15 is 0 Å². The Morgan fingerprint density at radius 2 is 0.949 bits per heavy atom. The lowest BCUT2D eigenvalue weighted by molar-refractivity contribution is 1.39. The Balaban J connectivity index is 1.34. The molecule has 0 amide bonds. The van der Waals surface area contributed by atoms with E-state index in [2.05, 4.69) is 98.8 Å². The smallest absolute Gasteiger partial charge is 0.0430 e. The summed E-state index contributed by atoms with van der Waals surface area (Å²) in [5.74, 6) is 0. The van der Waals surface area contributed by atoms with Gasteiger partial charge in [0.25, 0.3) is 0 Å². The summed E-state index contributed by atoms with van der Waals surface area (Å²) in [6.45, 7) is 4.42. The van der Waals surface area contributed by atoms with Crippen molar-refractivity contribution in [1.29, 1.82) is 0 Å². The van der Waals surface area contributed by atoms with Gasteiger partial charge in [0.1, 0.15) is 0 Å². The molecule has 0 saturated heterocycles. The van der Waals surface area contributed by atoms with Gasteiger partial charge >= 0.3 is 0 Å². The fourth-order valence-corrected chi connectivity index (χ4v) is 9.33. The molecule has 1 heterocycles. The highest BCUT2D eigenvalue weighted by atomic mass is 32.1. The molecule has 1 aromatic heterocycles. The molecule has 0 aliphatic heterocycles. The maximum atomic E-state index is 2.50. The predicted octanol–water partition coefficient (Wildman–Crippen LogP) is 10.7. The molecule has 0 spiro atoms. The minimum absolute atomic E-state index is 1.32. The lowest BCUT2D eigenvalue weighted by Crippen LogP contribution is -1.76. The Morgan fingerprint density at radius 1 is 0.385 bits per heavy atom. The zero-order chi connectivity index (χ0) is 25.3. The van der Waals surface area contributed by atoms with Gasteiger partial charge in [-0.2, -0.15) is 0 Å². The van der Waals surface area contributed by atoms with Crippen molar-refractivity contribution in [3.05, 3.63) is 116 Å². The number of rotatable bonds is 0. The van der Waals surface area contributed by atoms with Crippen LogP contribution in [0.1, 0.15) is 10.4 Å². The summed E-state index contributed by atoms with van der Waals surface area (Å²) in [6.07, 6.45) is 0. The summed E-state index contributed by atoms with van der Waals surface area (Å²) in [7, 11) is 0. The molecular formula is C38H20S. The van der Waals surface area contributed by atoms with Gasteiger partial charge in [-0.3, -0.25) is 0 Å². The van der Waals surface area contributed by atoms with Gasteiger partial charge < -0.3 is 0 Å². The topological polar surface area (TPSA) is 0 Å². The van der Waals surface area contributed by atoms with Gasteiger partial charge in [0.2, 0.25) is 0 Å². The number of hydrogen-bond donors (Lipinski definition) is 0. The molecule has 0 N–H and O–H groups in total. The highest BCUT2D eigenvalue weighted by Crippen LogP contribution is 2.55. The van der Waals surface area contributed by atoms with Crippen molar-refractivity contribution in [3.8, 4) is 21.6 Å². The van der Waals surface area contributed by atoms with E-state index in [4.69, 9.17) is 0 Å². The van der Waals surface area contributed by atoms with Crippen LogP contribution in [0.5, 0.6) is 0 Å². The Hall–Kier alpha value is -4.46. The number of aryl methyl sites for hydroxylation is 2. The van der Waals surface area contributed by atoms with Crippen LogP contribution in [0.4, 0.5) is 0 Å². The SMILES string of the molecule is Cc1ccc2c(c1)=c1ccc3c4cc5c(cc4c4ccc=2c1c34)c1ccc2c3c(ccc5c31)-c1cc(C)sc1-2. The van der Waals surface area contributed by atoms with Crippen molar-refractivity contribution in [2.45, 2.75) is 13.8 Å². The first-order chi connectivity index (χ1) is 19.2. The summed E-state index contributed by atoms with van der Waals surface area (Å²) in [6, 6.07) is 33.3. The maximum Gasteiger partial charge on any atom is 0.0430 e. The van der Waals surface area contributed by atoms with Crippen molar-refractivity contribution in [1.82, 2.24) is 0 Å². The third-order valence-corrected chi connectivity index (χ3v) is 10.9. The van der Waals surface area contributed by atoms with E-state index in [1.807, 2.05) is 11.3 Å². The number of benzene rings is 6. The Labute approximate surface area is 227 Å². The van der Waals surface area contributed by atoms with Crippen LogP contribution in [0.15, 0.2) is 84.9 Å². The third-order valence-electron chi connectivity index (χ3n) is 9.79. The van der Waals surface area contributed by atoms with Crippen LogP contribution < -0.4 is 0 Å². The van der Waals surface area contributed by atoms with E-state index in [1.54, 1.807) is 0 Å². The average molecular weight is 509 g/mol. The lowest BCUT2D eigenvalue weighted by Gasteiger charge is -2.04. The first-order valence-corrected chi connectivity index (χ1v) is 14.6. The van der Waals surface area contributed by atoms with Crippen molar-refractivity contribution in [3.63, 3.8) is 0 Å². The van der Waals surface area contributed by atoms with Gasteiger partial charge in [-0.15, -0.1) is 11.3 Å². The van der Waals surface area contributed by atoms with Crippen LogP contribution >= 0.6 is 11.3 Å². The molecule has 39 heavy (non-hydrogen) atoms. The standard InChI is InChI=1S/C38H20S/c1-17-3-4-19-20-5-6-22-29-16-32-25-11-12-27-37-26(33-14-18(2)39-38(27)33)10-9-24(36(25)37)31(32)15-30(29)23-8-7-21(28(19)13-17)34(20)35(22)23/h3-16H,1-2H3. The highest BCUT2D eigenvalue weighted by Gasteiger charge is 2.27. The number of fused-ring (bicyclic) bond motifs is 10. The zero-order valence-electron chi connectivity index (χ0n) is 21.5.